The lowest BCUT2D eigenvalue weighted by Crippen LogP contribution is -2.10. The third-order valence-electron chi connectivity index (χ3n) is 4.09. The van der Waals surface area contributed by atoms with Crippen LogP contribution in [0, 0.1) is 13.8 Å². The van der Waals surface area contributed by atoms with E-state index in [1.165, 1.54) is 0 Å². The number of rotatable bonds is 6. The Hall–Kier alpha value is -2.98. The summed E-state index contributed by atoms with van der Waals surface area (Å²) in [6.45, 7) is 3.46. The Morgan fingerprint density at radius 3 is 2.52 bits per heavy atom. The molecule has 0 aliphatic carbocycles. The number of carbonyl (C=O) groups is 1. The van der Waals surface area contributed by atoms with Gasteiger partial charge in [-0.05, 0) is 67.4 Å². The van der Waals surface area contributed by atoms with Gasteiger partial charge < -0.3 is 14.3 Å². The average Bonchev–Trinajstić information content (AvgIpc) is 3.00. The van der Waals surface area contributed by atoms with Crippen molar-refractivity contribution in [3.05, 3.63) is 76.0 Å². The second-order valence-corrected chi connectivity index (χ2v) is 6.61. The van der Waals surface area contributed by atoms with Crippen LogP contribution in [-0.4, -0.2) is 17.7 Å². The van der Waals surface area contributed by atoms with Crippen molar-refractivity contribution in [3.8, 4) is 17.1 Å². The van der Waals surface area contributed by atoms with Gasteiger partial charge in [-0.1, -0.05) is 29.8 Å². The van der Waals surface area contributed by atoms with Gasteiger partial charge >= 0.3 is 5.97 Å². The minimum atomic E-state index is -0.995. The van der Waals surface area contributed by atoms with Crippen molar-refractivity contribution in [3.63, 3.8) is 0 Å². The van der Waals surface area contributed by atoms with Gasteiger partial charge in [0, 0.05) is 16.1 Å². The molecule has 0 saturated heterocycles. The molecule has 27 heavy (non-hydrogen) atoms. The Bertz CT molecular complexity index is 984. The average molecular weight is 383 g/mol. The third kappa shape index (κ3) is 4.80. The molecule has 2 aromatic carbocycles. The van der Waals surface area contributed by atoms with Gasteiger partial charge in [0.1, 0.15) is 17.3 Å². The summed E-state index contributed by atoms with van der Waals surface area (Å²) in [5, 5.41) is 9.39. The lowest BCUT2D eigenvalue weighted by molar-refractivity contribution is -0.139. The number of aliphatic carboxylic acids is 1. The molecule has 3 rings (SSSR count). The molecule has 4 nitrogen and oxygen atoms in total. The monoisotopic (exact) mass is 382 g/mol. The molecule has 5 heteroatoms. The van der Waals surface area contributed by atoms with Crippen LogP contribution in [0.5, 0.6) is 5.75 Å². The fraction of sp³-hybridized carbons (Fsp3) is 0.136. The van der Waals surface area contributed by atoms with E-state index in [2.05, 4.69) is 0 Å². The number of hydrogen-bond donors (Lipinski definition) is 1. The van der Waals surface area contributed by atoms with Crippen molar-refractivity contribution >= 4 is 29.7 Å². The molecule has 138 valence electrons. The zero-order chi connectivity index (χ0) is 19.4. The quantitative estimate of drug-likeness (QED) is 0.580. The van der Waals surface area contributed by atoms with Crippen molar-refractivity contribution in [2.24, 2.45) is 0 Å². The third-order valence-corrected chi connectivity index (χ3v) is 4.34. The van der Waals surface area contributed by atoms with Gasteiger partial charge in [0.25, 0.3) is 0 Å². The summed E-state index contributed by atoms with van der Waals surface area (Å²) < 4.78 is 11.1. The SMILES string of the molecule is Cc1cc(/C=C/c2cc(-c3ccc(Cl)cc3)oc2C)ccc1OCC(=O)O. The van der Waals surface area contributed by atoms with Crippen molar-refractivity contribution in [2.75, 3.05) is 6.61 Å². The molecule has 1 N–H and O–H groups in total. The standard InChI is InChI=1S/C22H19ClO4/c1-14-11-16(4-10-20(14)26-13-22(24)25)3-5-18-12-21(27-15(18)2)17-6-8-19(23)9-7-17/h3-12H,13H2,1-2H3,(H,24,25)/b5-3+. The van der Waals surface area contributed by atoms with E-state index >= 15 is 0 Å². The number of carboxylic acids is 1. The predicted molar refractivity (Wildman–Crippen MR) is 107 cm³/mol. The predicted octanol–water partition coefficient (Wildman–Crippen LogP) is 5.85. The minimum Gasteiger partial charge on any atom is -0.482 e. The minimum absolute atomic E-state index is 0.349. The molecule has 0 radical (unpaired) electrons. The van der Waals surface area contributed by atoms with Crippen LogP contribution in [-0.2, 0) is 4.79 Å². The summed E-state index contributed by atoms with van der Waals surface area (Å²) >= 11 is 5.93. The molecular formula is C22H19ClO4. The van der Waals surface area contributed by atoms with Crippen molar-refractivity contribution in [1.82, 2.24) is 0 Å². The summed E-state index contributed by atoms with van der Waals surface area (Å²) in [6, 6.07) is 15.1. The number of furan rings is 1. The lowest BCUT2D eigenvalue weighted by atomic mass is 10.1. The first kappa shape index (κ1) is 18.8. The summed E-state index contributed by atoms with van der Waals surface area (Å²) in [5.74, 6) is 1.19. The highest BCUT2D eigenvalue weighted by atomic mass is 35.5. The van der Waals surface area contributed by atoms with E-state index in [-0.39, 0.29) is 6.61 Å². The smallest absolute Gasteiger partial charge is 0.341 e. The fourth-order valence-corrected chi connectivity index (χ4v) is 2.81. The van der Waals surface area contributed by atoms with Crippen LogP contribution < -0.4 is 4.74 Å². The van der Waals surface area contributed by atoms with E-state index in [0.29, 0.717) is 10.8 Å². The maximum atomic E-state index is 10.6. The highest BCUT2D eigenvalue weighted by Crippen LogP contribution is 2.28. The van der Waals surface area contributed by atoms with Crippen LogP contribution in [0.4, 0.5) is 0 Å². The molecule has 0 fully saturated rings. The van der Waals surface area contributed by atoms with E-state index < -0.39 is 5.97 Å². The van der Waals surface area contributed by atoms with E-state index in [1.54, 1.807) is 6.07 Å². The van der Waals surface area contributed by atoms with Gasteiger partial charge in [-0.15, -0.1) is 0 Å². The summed E-state index contributed by atoms with van der Waals surface area (Å²) in [5.41, 5.74) is 3.83. The number of ether oxygens (including phenoxy) is 1. The normalized spacial score (nSPS) is 11.1. The number of halogens is 1. The highest BCUT2D eigenvalue weighted by molar-refractivity contribution is 6.30. The Labute approximate surface area is 162 Å². The van der Waals surface area contributed by atoms with Crippen LogP contribution in [0.3, 0.4) is 0 Å². The van der Waals surface area contributed by atoms with Gasteiger partial charge in [-0.25, -0.2) is 4.79 Å². The molecule has 0 spiro atoms. The highest BCUT2D eigenvalue weighted by Gasteiger charge is 2.08. The van der Waals surface area contributed by atoms with Crippen LogP contribution in [0.2, 0.25) is 5.02 Å². The van der Waals surface area contributed by atoms with Crippen molar-refractivity contribution in [1.29, 1.82) is 0 Å². The molecule has 0 aliphatic rings. The van der Waals surface area contributed by atoms with Gasteiger partial charge in [-0.3, -0.25) is 0 Å². The Kier molecular flexibility index (Phi) is 5.67. The lowest BCUT2D eigenvalue weighted by Gasteiger charge is -2.07. The number of hydrogen-bond acceptors (Lipinski definition) is 3. The Balaban J connectivity index is 1.77. The molecule has 0 aliphatic heterocycles. The topological polar surface area (TPSA) is 59.7 Å². The molecule has 1 aromatic heterocycles. The number of carboxylic acid groups (broad SMARTS) is 1. The molecule has 3 aromatic rings. The number of aryl methyl sites for hydroxylation is 2. The summed E-state index contributed by atoms with van der Waals surface area (Å²) in [4.78, 5) is 10.6. The maximum absolute atomic E-state index is 10.6. The van der Waals surface area contributed by atoms with Gasteiger partial charge in [0.2, 0.25) is 0 Å². The second-order valence-electron chi connectivity index (χ2n) is 6.17. The molecule has 0 unspecified atom stereocenters. The first-order valence-corrected chi connectivity index (χ1v) is 8.80. The summed E-state index contributed by atoms with van der Waals surface area (Å²) in [7, 11) is 0. The van der Waals surface area contributed by atoms with Gasteiger partial charge in [0.05, 0.1) is 0 Å². The first-order valence-electron chi connectivity index (χ1n) is 8.42. The van der Waals surface area contributed by atoms with Crippen molar-refractivity contribution in [2.45, 2.75) is 13.8 Å². The van der Waals surface area contributed by atoms with E-state index in [0.717, 1.165) is 33.8 Å². The van der Waals surface area contributed by atoms with Crippen LogP contribution in [0.1, 0.15) is 22.5 Å². The molecular weight excluding hydrogens is 364 g/mol. The van der Waals surface area contributed by atoms with Gasteiger partial charge in [0.15, 0.2) is 6.61 Å². The summed E-state index contributed by atoms with van der Waals surface area (Å²) in [6.07, 6.45) is 3.97. The van der Waals surface area contributed by atoms with E-state index in [9.17, 15) is 4.79 Å². The number of benzene rings is 2. The largest absolute Gasteiger partial charge is 0.482 e. The molecule has 0 atom stereocenters. The molecule has 0 bridgehead atoms. The second kappa shape index (κ2) is 8.14. The fourth-order valence-electron chi connectivity index (χ4n) is 2.68. The Morgan fingerprint density at radius 1 is 1.11 bits per heavy atom. The van der Waals surface area contributed by atoms with E-state index in [1.807, 2.05) is 68.5 Å². The van der Waals surface area contributed by atoms with Crippen LogP contribution >= 0.6 is 11.6 Å². The zero-order valence-corrected chi connectivity index (χ0v) is 15.8. The molecule has 1 heterocycles. The molecule has 0 amide bonds. The molecule has 0 saturated carbocycles. The first-order chi connectivity index (χ1) is 12.9. The van der Waals surface area contributed by atoms with Crippen LogP contribution in [0.15, 0.2) is 52.9 Å². The zero-order valence-electron chi connectivity index (χ0n) is 15.0. The Morgan fingerprint density at radius 2 is 1.85 bits per heavy atom. The van der Waals surface area contributed by atoms with Crippen molar-refractivity contribution < 1.29 is 19.1 Å². The van der Waals surface area contributed by atoms with Gasteiger partial charge in [-0.2, -0.15) is 0 Å². The maximum Gasteiger partial charge on any atom is 0.341 e. The van der Waals surface area contributed by atoms with Crippen LogP contribution in [0.25, 0.3) is 23.5 Å². The van der Waals surface area contributed by atoms with E-state index in [4.69, 9.17) is 25.9 Å².